The van der Waals surface area contributed by atoms with E-state index >= 15 is 0 Å². The molecule has 0 unspecified atom stereocenters. The van der Waals surface area contributed by atoms with Crippen molar-refractivity contribution in [2.75, 3.05) is 5.73 Å². The molecule has 0 atom stereocenters. The van der Waals surface area contributed by atoms with E-state index in [1.807, 2.05) is 0 Å². The molecule has 1 aliphatic rings. The number of fused-ring (bicyclic) bond motifs is 1. The van der Waals surface area contributed by atoms with Crippen LogP contribution in [0.2, 0.25) is 0 Å². The second kappa shape index (κ2) is 3.44. The van der Waals surface area contributed by atoms with Gasteiger partial charge < -0.3 is 5.73 Å². The highest BCUT2D eigenvalue weighted by Gasteiger charge is 2.24. The van der Waals surface area contributed by atoms with E-state index in [0.717, 1.165) is 0 Å². The van der Waals surface area contributed by atoms with Gasteiger partial charge in [-0.3, -0.25) is 19.7 Å². The summed E-state index contributed by atoms with van der Waals surface area (Å²) in [6, 6.07) is 1.28. The van der Waals surface area contributed by atoms with Crippen molar-refractivity contribution in [1.82, 2.24) is 0 Å². The average molecular weight is 234 g/mol. The molecule has 1 aliphatic heterocycles. The van der Waals surface area contributed by atoms with E-state index in [1.165, 1.54) is 13.0 Å². The van der Waals surface area contributed by atoms with Gasteiger partial charge in [0.25, 0.3) is 0 Å². The standard InChI is InChI=1S/C9H6N4O4/c1-3-4(10)2-5-6(7(3)13(16)17)12-9(15)8(14)11-5/h2H,10H2,1H3. The number of nitro benzene ring substituents is 1. The summed E-state index contributed by atoms with van der Waals surface area (Å²) in [7, 11) is 0. The summed E-state index contributed by atoms with van der Waals surface area (Å²) < 4.78 is 0. The van der Waals surface area contributed by atoms with Crippen molar-refractivity contribution in [3.63, 3.8) is 0 Å². The molecule has 8 nitrogen and oxygen atoms in total. The molecule has 86 valence electrons. The van der Waals surface area contributed by atoms with Gasteiger partial charge in [-0.1, -0.05) is 0 Å². The van der Waals surface area contributed by atoms with Crippen molar-refractivity contribution >= 4 is 23.2 Å². The van der Waals surface area contributed by atoms with Gasteiger partial charge in [0.2, 0.25) is 0 Å². The van der Waals surface area contributed by atoms with Crippen LogP contribution in [0.1, 0.15) is 5.56 Å². The Balaban J connectivity index is 3.02. The van der Waals surface area contributed by atoms with E-state index in [0.29, 0.717) is 0 Å². The molecule has 0 saturated heterocycles. The van der Waals surface area contributed by atoms with E-state index in [9.17, 15) is 19.7 Å². The molecule has 0 radical (unpaired) electrons. The Morgan fingerprint density at radius 1 is 1.29 bits per heavy atom. The zero-order valence-corrected chi connectivity index (χ0v) is 8.63. The lowest BCUT2D eigenvalue weighted by molar-refractivity contribution is -0.386. The summed E-state index contributed by atoms with van der Waals surface area (Å²) in [6.07, 6.45) is 0. The van der Waals surface area contributed by atoms with Crippen LogP contribution in [0.4, 0.5) is 11.4 Å². The number of nitrogens with two attached hydrogens (primary N) is 1. The van der Waals surface area contributed by atoms with E-state index in [-0.39, 0.29) is 22.0 Å². The molecule has 1 aromatic carbocycles. The summed E-state index contributed by atoms with van der Waals surface area (Å²) >= 11 is 0. The third-order valence-corrected chi connectivity index (χ3v) is 2.35. The van der Waals surface area contributed by atoms with E-state index in [2.05, 4.69) is 9.98 Å². The van der Waals surface area contributed by atoms with Gasteiger partial charge in [-0.15, -0.1) is 0 Å². The minimum atomic E-state index is -1.12. The van der Waals surface area contributed by atoms with Crippen LogP contribution < -0.4 is 16.4 Å². The van der Waals surface area contributed by atoms with E-state index < -0.39 is 22.4 Å². The number of benzene rings is 1. The smallest absolute Gasteiger partial charge is 0.338 e. The predicted molar refractivity (Wildman–Crippen MR) is 54.6 cm³/mol. The number of amides is 2. The molecule has 0 aromatic heterocycles. The maximum absolute atomic E-state index is 11.1. The molecule has 2 amide bonds. The summed E-state index contributed by atoms with van der Waals surface area (Å²) in [4.78, 5) is 39.0. The van der Waals surface area contributed by atoms with Crippen molar-refractivity contribution in [2.24, 2.45) is 9.98 Å². The number of hydrogen-bond donors (Lipinski definition) is 1. The minimum Gasteiger partial charge on any atom is -0.398 e. The Morgan fingerprint density at radius 2 is 1.88 bits per heavy atom. The highest BCUT2D eigenvalue weighted by Crippen LogP contribution is 2.17. The van der Waals surface area contributed by atoms with Gasteiger partial charge in [0.1, 0.15) is 5.36 Å². The summed E-state index contributed by atoms with van der Waals surface area (Å²) in [6.45, 7) is 1.43. The minimum absolute atomic E-state index is 0.0515. The normalized spacial score (nSPS) is 13.7. The van der Waals surface area contributed by atoms with Crippen molar-refractivity contribution in [3.05, 3.63) is 32.5 Å². The van der Waals surface area contributed by atoms with Crippen LogP contribution in [0.15, 0.2) is 16.1 Å². The molecule has 0 saturated carbocycles. The summed E-state index contributed by atoms with van der Waals surface area (Å²) in [5.41, 5.74) is 5.47. The second-order valence-corrected chi connectivity index (χ2v) is 3.40. The Labute approximate surface area is 93.6 Å². The molecule has 2 rings (SSSR count). The fourth-order valence-corrected chi connectivity index (χ4v) is 1.48. The lowest BCUT2D eigenvalue weighted by Gasteiger charge is -2.04. The zero-order chi connectivity index (χ0) is 12.7. The third kappa shape index (κ3) is 1.55. The lowest BCUT2D eigenvalue weighted by atomic mass is 10.1. The van der Waals surface area contributed by atoms with Crippen LogP contribution in [0, 0.1) is 17.0 Å². The Kier molecular flexibility index (Phi) is 2.20. The fourth-order valence-electron chi connectivity index (χ4n) is 1.48. The quantitative estimate of drug-likeness (QED) is 0.282. The molecule has 2 N–H and O–H groups in total. The molecule has 1 heterocycles. The van der Waals surface area contributed by atoms with Crippen LogP contribution in [0.5, 0.6) is 0 Å². The zero-order valence-electron chi connectivity index (χ0n) is 8.63. The maximum atomic E-state index is 11.1. The first-order chi connectivity index (χ1) is 7.91. The molecule has 17 heavy (non-hydrogen) atoms. The number of nitrogen functional groups attached to an aromatic ring is 1. The number of hydrogen-bond acceptors (Lipinski definition) is 5. The maximum Gasteiger partial charge on any atom is 0.338 e. The lowest BCUT2D eigenvalue weighted by Crippen LogP contribution is -2.37. The Bertz CT molecular complexity index is 692. The van der Waals surface area contributed by atoms with E-state index in [4.69, 9.17) is 5.73 Å². The topological polar surface area (TPSA) is 128 Å². The van der Waals surface area contributed by atoms with Crippen LogP contribution in [0.3, 0.4) is 0 Å². The SMILES string of the molecule is Cc1c(N)cc2c(c1[N+](=O)[O-])=NC(=O)C(=O)N=2. The Morgan fingerprint density at radius 3 is 2.47 bits per heavy atom. The van der Waals surface area contributed by atoms with Gasteiger partial charge >= 0.3 is 17.5 Å². The molecular formula is C9H6N4O4. The third-order valence-electron chi connectivity index (χ3n) is 2.35. The number of nitro groups is 1. The van der Waals surface area contributed by atoms with Gasteiger partial charge in [-0.05, 0) is 13.0 Å². The fraction of sp³-hybridized carbons (Fsp3) is 0.111. The number of anilines is 1. The van der Waals surface area contributed by atoms with Gasteiger partial charge in [0.05, 0.1) is 10.5 Å². The van der Waals surface area contributed by atoms with Crippen LogP contribution in [-0.2, 0) is 9.59 Å². The first-order valence-corrected chi connectivity index (χ1v) is 4.51. The molecule has 8 heteroatoms. The van der Waals surface area contributed by atoms with Crippen LogP contribution in [0.25, 0.3) is 0 Å². The number of rotatable bonds is 1. The second-order valence-electron chi connectivity index (χ2n) is 3.40. The number of carbonyl (C=O) groups is 2. The van der Waals surface area contributed by atoms with Crippen molar-refractivity contribution in [2.45, 2.75) is 6.92 Å². The predicted octanol–water partition coefficient (Wildman–Crippen LogP) is -1.21. The average Bonchev–Trinajstić information content (AvgIpc) is 2.23. The molecule has 1 aromatic rings. The van der Waals surface area contributed by atoms with E-state index in [1.54, 1.807) is 0 Å². The van der Waals surface area contributed by atoms with Crippen molar-refractivity contribution in [1.29, 1.82) is 0 Å². The Hall–Kier alpha value is -2.64. The summed E-state index contributed by atoms with van der Waals surface area (Å²) in [5, 5.41) is 10.6. The molecule has 0 aliphatic carbocycles. The van der Waals surface area contributed by atoms with Crippen LogP contribution in [-0.4, -0.2) is 16.7 Å². The first kappa shape index (κ1) is 10.9. The largest absolute Gasteiger partial charge is 0.398 e. The molecule has 0 fully saturated rings. The molecular weight excluding hydrogens is 228 g/mol. The number of carbonyl (C=O) groups excluding carboxylic acids is 2. The first-order valence-electron chi connectivity index (χ1n) is 4.51. The van der Waals surface area contributed by atoms with Gasteiger partial charge in [-0.2, -0.15) is 4.99 Å². The number of nitrogens with zero attached hydrogens (tertiary/aromatic N) is 3. The van der Waals surface area contributed by atoms with Gasteiger partial charge in [0.15, 0.2) is 5.36 Å². The molecule has 0 bridgehead atoms. The van der Waals surface area contributed by atoms with Crippen molar-refractivity contribution in [3.8, 4) is 0 Å². The van der Waals surface area contributed by atoms with Gasteiger partial charge in [-0.25, -0.2) is 4.99 Å². The monoisotopic (exact) mass is 234 g/mol. The van der Waals surface area contributed by atoms with Crippen LogP contribution >= 0.6 is 0 Å². The highest BCUT2D eigenvalue weighted by atomic mass is 16.6. The highest BCUT2D eigenvalue weighted by molar-refractivity contribution is 6.36. The van der Waals surface area contributed by atoms with Gasteiger partial charge in [0, 0.05) is 5.69 Å². The molecule has 0 spiro atoms. The summed E-state index contributed by atoms with van der Waals surface area (Å²) in [5.74, 6) is -2.18. The van der Waals surface area contributed by atoms with Crippen molar-refractivity contribution < 1.29 is 14.5 Å².